The van der Waals surface area contributed by atoms with E-state index in [0.29, 0.717) is 11.1 Å². The Morgan fingerprint density at radius 3 is 2.74 bits per heavy atom. The number of carbonyl (C=O) groups excluding carboxylic acids is 1. The minimum absolute atomic E-state index is 0.0305. The van der Waals surface area contributed by atoms with Gasteiger partial charge in [0, 0.05) is 44.0 Å². The summed E-state index contributed by atoms with van der Waals surface area (Å²) >= 11 is 0. The average molecular weight is 316 g/mol. The Hall–Kier alpha value is -1.49. The highest BCUT2D eigenvalue weighted by Gasteiger charge is 2.43. The van der Waals surface area contributed by atoms with Crippen LogP contribution in [-0.2, 0) is 0 Å². The van der Waals surface area contributed by atoms with E-state index in [1.165, 1.54) is 19.4 Å². The highest BCUT2D eigenvalue weighted by molar-refractivity contribution is 5.92. The second-order valence-corrected chi connectivity index (χ2v) is 8.44. The van der Waals surface area contributed by atoms with E-state index >= 15 is 0 Å². The molecule has 2 fully saturated rings. The van der Waals surface area contributed by atoms with E-state index in [9.17, 15) is 4.79 Å². The lowest BCUT2D eigenvalue weighted by molar-refractivity contribution is 0.0592. The fraction of sp³-hybridized carbons (Fsp3) is 0.722. The van der Waals surface area contributed by atoms with E-state index < -0.39 is 0 Å². The predicted molar refractivity (Wildman–Crippen MR) is 90.1 cm³/mol. The van der Waals surface area contributed by atoms with Gasteiger partial charge in [-0.2, -0.15) is 0 Å². The second kappa shape index (κ2) is 6.19. The van der Waals surface area contributed by atoms with Gasteiger partial charge in [-0.15, -0.1) is 0 Å². The lowest BCUT2D eigenvalue weighted by atomic mass is 9.78. The van der Waals surface area contributed by atoms with Crippen LogP contribution in [0.4, 0.5) is 0 Å². The number of carbonyl (C=O) groups is 1. The third-order valence-electron chi connectivity index (χ3n) is 4.95. The van der Waals surface area contributed by atoms with Crippen LogP contribution in [0.25, 0.3) is 0 Å². The SMILES string of the molecule is CC(C)(C)CN1CCCC2(CCN(C(=O)c3cnccn3)C2)C1. The molecule has 1 aromatic rings. The smallest absolute Gasteiger partial charge is 0.274 e. The molecular formula is C18H28N4O. The first-order chi connectivity index (χ1) is 10.9. The molecule has 2 aliphatic heterocycles. The molecule has 0 radical (unpaired) electrons. The summed E-state index contributed by atoms with van der Waals surface area (Å²) in [6.07, 6.45) is 8.35. The number of hydrogen-bond donors (Lipinski definition) is 0. The molecule has 5 nitrogen and oxygen atoms in total. The molecule has 23 heavy (non-hydrogen) atoms. The summed E-state index contributed by atoms with van der Waals surface area (Å²) in [5.74, 6) is 0.0305. The Morgan fingerprint density at radius 1 is 1.22 bits per heavy atom. The molecule has 0 N–H and O–H groups in total. The third-order valence-corrected chi connectivity index (χ3v) is 4.95. The average Bonchev–Trinajstić information content (AvgIpc) is 2.89. The molecule has 2 aliphatic rings. The van der Waals surface area contributed by atoms with Crippen molar-refractivity contribution in [3.63, 3.8) is 0 Å². The van der Waals surface area contributed by atoms with Gasteiger partial charge in [0.05, 0.1) is 6.20 Å². The predicted octanol–water partition coefficient (Wildman–Crippen LogP) is 2.45. The van der Waals surface area contributed by atoms with Crippen LogP contribution in [0.2, 0.25) is 0 Å². The first-order valence-electron chi connectivity index (χ1n) is 8.65. The topological polar surface area (TPSA) is 49.3 Å². The summed E-state index contributed by atoms with van der Waals surface area (Å²) in [5, 5.41) is 0. The second-order valence-electron chi connectivity index (χ2n) is 8.44. The summed E-state index contributed by atoms with van der Waals surface area (Å²) in [6, 6.07) is 0. The molecule has 2 saturated heterocycles. The molecule has 1 unspecified atom stereocenters. The Labute approximate surface area is 139 Å². The number of likely N-dealkylation sites (tertiary alicyclic amines) is 2. The number of hydrogen-bond acceptors (Lipinski definition) is 4. The van der Waals surface area contributed by atoms with E-state index in [1.807, 2.05) is 4.90 Å². The van der Waals surface area contributed by atoms with Crippen molar-refractivity contribution in [2.75, 3.05) is 32.7 Å². The van der Waals surface area contributed by atoms with Gasteiger partial charge in [0.15, 0.2) is 0 Å². The maximum atomic E-state index is 12.6. The number of nitrogens with zero attached hydrogens (tertiary/aromatic N) is 4. The number of piperidine rings is 1. The van der Waals surface area contributed by atoms with Gasteiger partial charge < -0.3 is 9.80 Å². The molecule has 0 bridgehead atoms. The van der Waals surface area contributed by atoms with Crippen LogP contribution < -0.4 is 0 Å². The van der Waals surface area contributed by atoms with Crippen molar-refractivity contribution in [2.45, 2.75) is 40.0 Å². The van der Waals surface area contributed by atoms with Gasteiger partial charge in [-0.05, 0) is 31.2 Å². The molecule has 126 valence electrons. The summed E-state index contributed by atoms with van der Waals surface area (Å²) in [4.78, 5) is 25.3. The van der Waals surface area contributed by atoms with Crippen molar-refractivity contribution < 1.29 is 4.79 Å². The monoisotopic (exact) mass is 316 g/mol. The van der Waals surface area contributed by atoms with E-state index in [4.69, 9.17) is 0 Å². The van der Waals surface area contributed by atoms with Crippen molar-refractivity contribution in [1.82, 2.24) is 19.8 Å². The number of amides is 1. The van der Waals surface area contributed by atoms with Crippen LogP contribution >= 0.6 is 0 Å². The van der Waals surface area contributed by atoms with Crippen LogP contribution in [0.1, 0.15) is 50.5 Å². The van der Waals surface area contributed by atoms with Crippen molar-refractivity contribution >= 4 is 5.91 Å². The summed E-state index contributed by atoms with van der Waals surface area (Å²) in [6.45, 7) is 12.0. The molecule has 1 aromatic heterocycles. The zero-order valence-electron chi connectivity index (χ0n) is 14.6. The molecule has 1 atom stereocenters. The van der Waals surface area contributed by atoms with Crippen molar-refractivity contribution in [3.05, 3.63) is 24.3 Å². The maximum absolute atomic E-state index is 12.6. The quantitative estimate of drug-likeness (QED) is 0.841. The normalized spacial score (nSPS) is 26.0. The zero-order chi connectivity index (χ0) is 16.5. The summed E-state index contributed by atoms with van der Waals surface area (Å²) in [7, 11) is 0. The molecule has 0 saturated carbocycles. The molecule has 5 heteroatoms. The minimum atomic E-state index is 0.0305. The van der Waals surface area contributed by atoms with E-state index in [2.05, 4.69) is 35.6 Å². The molecule has 3 rings (SSSR count). The molecule has 0 aromatic carbocycles. The first kappa shape index (κ1) is 16.4. The molecular weight excluding hydrogens is 288 g/mol. The lowest BCUT2D eigenvalue weighted by Crippen LogP contribution is -2.47. The molecule has 0 aliphatic carbocycles. The summed E-state index contributed by atoms with van der Waals surface area (Å²) < 4.78 is 0. The van der Waals surface area contributed by atoms with Crippen molar-refractivity contribution in [3.8, 4) is 0 Å². The van der Waals surface area contributed by atoms with Crippen LogP contribution in [0.15, 0.2) is 18.6 Å². The third kappa shape index (κ3) is 3.89. The standard InChI is InChI=1S/C18H28N4O/c1-17(2,3)12-21-9-4-5-18(13-21)6-10-22(14-18)16(23)15-11-19-7-8-20-15/h7-8,11H,4-6,9-10,12-14H2,1-3H3. The molecule has 1 amide bonds. The van der Waals surface area contributed by atoms with E-state index in [-0.39, 0.29) is 11.3 Å². The molecule has 1 spiro atoms. The van der Waals surface area contributed by atoms with Gasteiger partial charge in [0.25, 0.3) is 5.91 Å². The van der Waals surface area contributed by atoms with Crippen LogP contribution in [-0.4, -0.2) is 58.4 Å². The van der Waals surface area contributed by atoms with E-state index in [0.717, 1.165) is 32.6 Å². The largest absolute Gasteiger partial charge is 0.337 e. The Balaban J connectivity index is 1.65. The molecule has 3 heterocycles. The Bertz CT molecular complexity index is 554. The van der Waals surface area contributed by atoms with Crippen LogP contribution in [0, 0.1) is 10.8 Å². The van der Waals surface area contributed by atoms with Gasteiger partial charge in [0.1, 0.15) is 5.69 Å². The Kier molecular flexibility index (Phi) is 4.41. The van der Waals surface area contributed by atoms with Gasteiger partial charge in [-0.3, -0.25) is 9.78 Å². The fourth-order valence-corrected chi connectivity index (χ4v) is 4.13. The number of aromatic nitrogens is 2. The van der Waals surface area contributed by atoms with E-state index in [1.54, 1.807) is 18.6 Å². The van der Waals surface area contributed by atoms with Gasteiger partial charge >= 0.3 is 0 Å². The number of rotatable bonds is 2. The summed E-state index contributed by atoms with van der Waals surface area (Å²) in [5.41, 5.74) is 1.07. The highest BCUT2D eigenvalue weighted by Crippen LogP contribution is 2.40. The van der Waals surface area contributed by atoms with Crippen LogP contribution in [0.5, 0.6) is 0 Å². The van der Waals surface area contributed by atoms with Crippen molar-refractivity contribution in [2.24, 2.45) is 10.8 Å². The van der Waals surface area contributed by atoms with Gasteiger partial charge in [0.2, 0.25) is 0 Å². The highest BCUT2D eigenvalue weighted by atomic mass is 16.2. The first-order valence-corrected chi connectivity index (χ1v) is 8.65. The van der Waals surface area contributed by atoms with Gasteiger partial charge in [-0.25, -0.2) is 4.98 Å². The Morgan fingerprint density at radius 2 is 2.04 bits per heavy atom. The fourth-order valence-electron chi connectivity index (χ4n) is 4.13. The maximum Gasteiger partial charge on any atom is 0.274 e. The van der Waals surface area contributed by atoms with Crippen molar-refractivity contribution in [1.29, 1.82) is 0 Å². The minimum Gasteiger partial charge on any atom is -0.337 e. The van der Waals surface area contributed by atoms with Crippen LogP contribution in [0.3, 0.4) is 0 Å². The van der Waals surface area contributed by atoms with Gasteiger partial charge in [-0.1, -0.05) is 20.8 Å². The lowest BCUT2D eigenvalue weighted by Gasteiger charge is -2.42. The zero-order valence-corrected chi connectivity index (χ0v) is 14.6.